The van der Waals surface area contributed by atoms with Gasteiger partial charge >= 0.3 is 0 Å². The zero-order valence-corrected chi connectivity index (χ0v) is 6.19. The van der Waals surface area contributed by atoms with E-state index in [0.29, 0.717) is 0 Å². The van der Waals surface area contributed by atoms with Crippen molar-refractivity contribution in [2.75, 3.05) is 12.0 Å². The lowest BCUT2D eigenvalue weighted by molar-refractivity contribution is 0.598. The molecule has 0 bridgehead atoms. The molecule has 9 heavy (non-hydrogen) atoms. The van der Waals surface area contributed by atoms with Gasteiger partial charge < -0.3 is 5.73 Å². The van der Waals surface area contributed by atoms with Crippen LogP contribution in [0.25, 0.3) is 0 Å². The molecule has 0 radical (unpaired) electrons. The summed E-state index contributed by atoms with van der Waals surface area (Å²) in [6.45, 7) is 3.36. The first-order chi connectivity index (χ1) is 3.95. The zero-order valence-electron chi connectivity index (χ0n) is 5.37. The van der Waals surface area contributed by atoms with Crippen LogP contribution in [0.3, 0.4) is 0 Å². The summed E-state index contributed by atoms with van der Waals surface area (Å²) in [5.74, 6) is -0.0174. The minimum Gasteiger partial charge on any atom is -0.324 e. The highest BCUT2D eigenvalue weighted by Crippen LogP contribution is 1.87. The Morgan fingerprint density at radius 2 is 2.22 bits per heavy atom. The molecule has 0 aliphatic rings. The Kier molecular flexibility index (Phi) is 2.87. The second-order valence-electron chi connectivity index (χ2n) is 1.99. The minimum absolute atomic E-state index is 0.0174. The van der Waals surface area contributed by atoms with Gasteiger partial charge in [-0.3, -0.25) is 0 Å². The average Bonchev–Trinajstić information content (AvgIpc) is 1.62. The standard InChI is InChI=1S/C5H11NO2S/c1-3-5(6)4-9(2,7)8/h3,5H,1,4,6H2,2H3. The highest BCUT2D eigenvalue weighted by atomic mass is 32.2. The highest BCUT2D eigenvalue weighted by molar-refractivity contribution is 7.90. The van der Waals surface area contributed by atoms with Crippen molar-refractivity contribution in [1.82, 2.24) is 0 Å². The quantitative estimate of drug-likeness (QED) is 0.552. The predicted molar refractivity (Wildman–Crippen MR) is 37.9 cm³/mol. The first-order valence-electron chi connectivity index (χ1n) is 2.51. The van der Waals surface area contributed by atoms with Crippen LogP contribution in [0.15, 0.2) is 12.7 Å². The van der Waals surface area contributed by atoms with Gasteiger partial charge in [-0.1, -0.05) is 6.08 Å². The zero-order chi connectivity index (χ0) is 7.49. The van der Waals surface area contributed by atoms with Gasteiger partial charge in [0, 0.05) is 12.3 Å². The van der Waals surface area contributed by atoms with E-state index in [1.807, 2.05) is 0 Å². The summed E-state index contributed by atoms with van der Waals surface area (Å²) in [5, 5.41) is 0. The molecular weight excluding hydrogens is 138 g/mol. The van der Waals surface area contributed by atoms with E-state index < -0.39 is 15.9 Å². The summed E-state index contributed by atoms with van der Waals surface area (Å²) in [5.41, 5.74) is 5.26. The van der Waals surface area contributed by atoms with E-state index in [9.17, 15) is 8.42 Å². The number of hydrogen-bond donors (Lipinski definition) is 1. The van der Waals surface area contributed by atoms with E-state index >= 15 is 0 Å². The largest absolute Gasteiger partial charge is 0.324 e. The van der Waals surface area contributed by atoms with Gasteiger partial charge in [0.25, 0.3) is 0 Å². The van der Waals surface area contributed by atoms with Gasteiger partial charge in [0.15, 0.2) is 0 Å². The molecule has 0 aromatic rings. The first kappa shape index (κ1) is 8.65. The van der Waals surface area contributed by atoms with Gasteiger partial charge in [0.1, 0.15) is 9.84 Å². The molecule has 0 aromatic carbocycles. The Morgan fingerprint density at radius 3 is 2.33 bits per heavy atom. The van der Waals surface area contributed by atoms with Gasteiger partial charge in [0.2, 0.25) is 0 Å². The Labute approximate surface area is 55.5 Å². The molecule has 4 heteroatoms. The minimum atomic E-state index is -2.93. The molecule has 0 aromatic heterocycles. The summed E-state index contributed by atoms with van der Waals surface area (Å²) in [4.78, 5) is 0. The maximum atomic E-state index is 10.5. The van der Waals surface area contributed by atoms with E-state index in [4.69, 9.17) is 5.73 Å². The molecule has 0 aliphatic heterocycles. The average molecular weight is 149 g/mol. The lowest BCUT2D eigenvalue weighted by atomic mass is 10.4. The van der Waals surface area contributed by atoms with Gasteiger partial charge in [-0.05, 0) is 0 Å². The third kappa shape index (κ3) is 5.52. The van der Waals surface area contributed by atoms with Crippen molar-refractivity contribution in [3.05, 3.63) is 12.7 Å². The van der Waals surface area contributed by atoms with E-state index in [1.54, 1.807) is 0 Å². The van der Waals surface area contributed by atoms with Crippen molar-refractivity contribution in [3.8, 4) is 0 Å². The lowest BCUT2D eigenvalue weighted by Gasteiger charge is -2.01. The van der Waals surface area contributed by atoms with Gasteiger partial charge in [-0.15, -0.1) is 6.58 Å². The summed E-state index contributed by atoms with van der Waals surface area (Å²) in [6, 6.07) is -0.431. The molecule has 0 aliphatic carbocycles. The molecule has 0 spiro atoms. The number of nitrogens with two attached hydrogens (primary N) is 1. The van der Waals surface area contributed by atoms with Crippen LogP contribution in [-0.2, 0) is 9.84 Å². The summed E-state index contributed by atoms with van der Waals surface area (Å²) >= 11 is 0. The van der Waals surface area contributed by atoms with Crippen LogP contribution in [-0.4, -0.2) is 26.5 Å². The van der Waals surface area contributed by atoms with Crippen molar-refractivity contribution in [2.45, 2.75) is 6.04 Å². The SMILES string of the molecule is C=CC(N)CS(C)(=O)=O. The van der Waals surface area contributed by atoms with E-state index in [1.165, 1.54) is 6.08 Å². The monoisotopic (exact) mass is 149 g/mol. The Hall–Kier alpha value is -0.350. The normalized spacial score (nSPS) is 14.9. The predicted octanol–water partition coefficient (Wildman–Crippen LogP) is -0.456. The van der Waals surface area contributed by atoms with Crippen LogP contribution in [0.5, 0.6) is 0 Å². The van der Waals surface area contributed by atoms with Crippen LogP contribution in [0, 0.1) is 0 Å². The highest BCUT2D eigenvalue weighted by Gasteiger charge is 2.05. The number of sulfone groups is 1. The first-order valence-corrected chi connectivity index (χ1v) is 4.57. The van der Waals surface area contributed by atoms with Crippen LogP contribution in [0.4, 0.5) is 0 Å². The molecular formula is C5H11NO2S. The molecule has 1 unspecified atom stereocenters. The second-order valence-corrected chi connectivity index (χ2v) is 4.18. The fourth-order valence-electron chi connectivity index (χ4n) is 0.418. The molecule has 0 saturated carbocycles. The third-order valence-corrected chi connectivity index (χ3v) is 1.79. The molecule has 0 saturated heterocycles. The Balaban J connectivity index is 3.89. The molecule has 1 atom stereocenters. The van der Waals surface area contributed by atoms with Gasteiger partial charge in [0.05, 0.1) is 5.75 Å². The maximum absolute atomic E-state index is 10.5. The van der Waals surface area contributed by atoms with Crippen LogP contribution >= 0.6 is 0 Å². The van der Waals surface area contributed by atoms with Gasteiger partial charge in [-0.2, -0.15) is 0 Å². The molecule has 0 fully saturated rings. The van der Waals surface area contributed by atoms with Crippen LogP contribution in [0.1, 0.15) is 0 Å². The van der Waals surface area contributed by atoms with E-state index in [-0.39, 0.29) is 5.75 Å². The van der Waals surface area contributed by atoms with E-state index in [0.717, 1.165) is 6.26 Å². The maximum Gasteiger partial charge on any atom is 0.149 e. The lowest BCUT2D eigenvalue weighted by Crippen LogP contribution is -2.26. The van der Waals surface area contributed by atoms with Crippen LogP contribution < -0.4 is 5.73 Å². The molecule has 3 nitrogen and oxygen atoms in total. The van der Waals surface area contributed by atoms with Crippen LogP contribution in [0.2, 0.25) is 0 Å². The Morgan fingerprint density at radius 1 is 1.78 bits per heavy atom. The summed E-state index contributed by atoms with van der Waals surface area (Å²) in [7, 11) is -2.93. The fourth-order valence-corrected chi connectivity index (χ4v) is 1.25. The molecule has 54 valence electrons. The molecule has 2 N–H and O–H groups in total. The van der Waals surface area contributed by atoms with Crippen molar-refractivity contribution < 1.29 is 8.42 Å². The van der Waals surface area contributed by atoms with Crippen molar-refractivity contribution in [2.24, 2.45) is 5.73 Å². The van der Waals surface area contributed by atoms with Gasteiger partial charge in [-0.25, -0.2) is 8.42 Å². The van der Waals surface area contributed by atoms with Crippen molar-refractivity contribution in [1.29, 1.82) is 0 Å². The summed E-state index contributed by atoms with van der Waals surface area (Å²) < 4.78 is 20.9. The molecule has 0 heterocycles. The molecule has 0 amide bonds. The van der Waals surface area contributed by atoms with Crippen molar-refractivity contribution >= 4 is 9.84 Å². The number of rotatable bonds is 3. The molecule has 0 rings (SSSR count). The fraction of sp³-hybridized carbons (Fsp3) is 0.600. The van der Waals surface area contributed by atoms with Crippen molar-refractivity contribution in [3.63, 3.8) is 0 Å². The Bertz CT molecular complexity index is 183. The number of hydrogen-bond acceptors (Lipinski definition) is 3. The third-order valence-electron chi connectivity index (χ3n) is 0.798. The summed E-state index contributed by atoms with van der Waals surface area (Å²) in [6.07, 6.45) is 2.57. The second kappa shape index (κ2) is 2.98. The smallest absolute Gasteiger partial charge is 0.149 e. The van der Waals surface area contributed by atoms with E-state index in [2.05, 4.69) is 6.58 Å². The topological polar surface area (TPSA) is 60.2 Å².